The molecule has 46 nitrogen and oxygen atoms in total. The average Bonchev–Trinajstić information content (AvgIpc) is 0.736. The standard InChI is InChI=1S/C95H169N5O41/c1-7-9-11-13-15-17-19-21-22-23-24-25-26-27-28-30-32-34-36-38-40-42-66(115)100-56(57(112)41-39-37-35-33-31-29-20-18-16-14-12-10-8-2)51-128-91-78(123)77(122)81(64(49-106)133-91)135-93-80(125)87(141-95(94(126)127)43-58(113)67(96-52(3)108)85(140-95)71(116)59(114)44-101)82(65(50-107)134-93)136-89-70(99-55(6)111)84(74(119)62(47-104)130-89)138-92-79(124)86(75(120)63(48-105)132-92)139-90-69(98-54(5)110)83(73(118)61(46-103)131-90)137-88-68(97-53(4)109)76(121)72(117)60(45-102)129-88/h39,41,56-65,67-93,101-107,112-114,116-125H,7-38,40,42-51H2,1-6H3,(H,96,108)(H,97,109)(H,98,110)(H,99,111)(H,100,115)(H,126,127)/b41-39+/t56-,57+,58?,59+,60?,61?,62?,63?,64?,65?,67+,68?,69?,70?,71+,72-,73-,74-,75-,76+,77+,78?,79?,80?,81+,82-,83+,84+,85?,86-,87+,88+,89-,90-,91+,92-,93-,95-/m0/s1. The Morgan fingerprint density at radius 3 is 1.15 bits per heavy atom. The summed E-state index contributed by atoms with van der Waals surface area (Å²) in [5.41, 5.74) is 0. The zero-order chi connectivity index (χ0) is 104. The quantitative estimate of drug-likeness (QED) is 0.0217. The van der Waals surface area contributed by atoms with Crippen molar-refractivity contribution in [1.82, 2.24) is 26.6 Å². The van der Waals surface area contributed by atoms with E-state index in [2.05, 4.69) is 40.4 Å². The molecule has 7 rings (SSSR count). The van der Waals surface area contributed by atoms with Crippen molar-refractivity contribution < 1.29 is 202 Å². The van der Waals surface area contributed by atoms with E-state index >= 15 is 0 Å². The van der Waals surface area contributed by atoms with Crippen LogP contribution in [-0.4, -0.2) is 428 Å². The molecule has 0 aliphatic carbocycles. The molecule has 14 unspecified atom stereocenters. The number of allylic oxidation sites excluding steroid dienone is 1. The van der Waals surface area contributed by atoms with E-state index in [1.165, 1.54) is 141 Å². The third-order valence-electron chi connectivity index (χ3n) is 27.1. The molecular weight excluding hydrogens is 1870 g/mol. The summed E-state index contributed by atoms with van der Waals surface area (Å²) < 4.78 is 85.6. The summed E-state index contributed by atoms with van der Waals surface area (Å²) >= 11 is 0. The predicted molar refractivity (Wildman–Crippen MR) is 495 cm³/mol. The second-order valence-corrected chi connectivity index (χ2v) is 38.5. The summed E-state index contributed by atoms with van der Waals surface area (Å²) in [5, 5.41) is 253. The molecule has 0 bridgehead atoms. The van der Waals surface area contributed by atoms with Crippen molar-refractivity contribution in [3.63, 3.8) is 0 Å². The number of hydrogen-bond acceptors (Lipinski definition) is 40. The van der Waals surface area contributed by atoms with Crippen molar-refractivity contribution in [2.24, 2.45) is 0 Å². The molecule has 7 aliphatic rings. The number of carboxylic acids is 1. The number of rotatable bonds is 66. The van der Waals surface area contributed by atoms with Crippen LogP contribution in [0.15, 0.2) is 12.2 Å². The van der Waals surface area contributed by atoms with Crippen LogP contribution in [0.3, 0.4) is 0 Å². The van der Waals surface area contributed by atoms with Gasteiger partial charge in [0.15, 0.2) is 37.7 Å². The van der Waals surface area contributed by atoms with Crippen LogP contribution in [-0.2, 0) is 95.1 Å². The summed E-state index contributed by atoms with van der Waals surface area (Å²) in [7, 11) is 0. The minimum absolute atomic E-state index is 0.0954. The van der Waals surface area contributed by atoms with Gasteiger partial charge in [0.2, 0.25) is 29.5 Å². The Morgan fingerprint density at radius 1 is 0.369 bits per heavy atom. The van der Waals surface area contributed by atoms with Crippen molar-refractivity contribution in [2.75, 3.05) is 52.9 Å². The van der Waals surface area contributed by atoms with E-state index < -0.39 is 327 Å². The molecule has 0 aromatic carbocycles. The van der Waals surface area contributed by atoms with Crippen LogP contribution < -0.4 is 26.6 Å². The lowest BCUT2D eigenvalue weighted by atomic mass is 9.88. The number of nitrogens with one attached hydrogen (secondary N) is 5. The maximum absolute atomic E-state index is 14.1. The van der Waals surface area contributed by atoms with Gasteiger partial charge in [-0.1, -0.05) is 219 Å². The van der Waals surface area contributed by atoms with Gasteiger partial charge in [-0.25, -0.2) is 4.79 Å². The number of aliphatic carboxylic acids is 1. The first-order chi connectivity index (χ1) is 67.5. The van der Waals surface area contributed by atoms with Crippen molar-refractivity contribution >= 4 is 35.5 Å². The molecule has 26 N–H and O–H groups in total. The third kappa shape index (κ3) is 37.4. The van der Waals surface area contributed by atoms with Crippen LogP contribution in [0.25, 0.3) is 0 Å². The van der Waals surface area contributed by atoms with E-state index in [9.17, 15) is 136 Å². The first-order valence-electron chi connectivity index (χ1n) is 51.1. The van der Waals surface area contributed by atoms with Crippen molar-refractivity contribution in [2.45, 2.75) is 499 Å². The van der Waals surface area contributed by atoms with Gasteiger partial charge < -0.3 is 200 Å². The average molecular weight is 2040 g/mol. The van der Waals surface area contributed by atoms with E-state index in [-0.39, 0.29) is 6.42 Å². The normalized spacial score (nSPS) is 35.6. The van der Waals surface area contributed by atoms with Crippen LogP contribution in [0, 0.1) is 0 Å². The second-order valence-electron chi connectivity index (χ2n) is 38.5. The third-order valence-corrected chi connectivity index (χ3v) is 27.1. The lowest BCUT2D eigenvalue weighted by molar-refractivity contribution is -0.404. The van der Waals surface area contributed by atoms with Crippen molar-refractivity contribution in [3.05, 3.63) is 12.2 Å². The summed E-state index contributed by atoms with van der Waals surface area (Å²) in [6.45, 7) is -0.480. The Balaban J connectivity index is 1.13. The van der Waals surface area contributed by atoms with Crippen LogP contribution >= 0.6 is 0 Å². The Kier molecular flexibility index (Phi) is 56.4. The molecule has 0 radical (unpaired) electrons. The Bertz CT molecular complexity index is 3550. The fraction of sp³-hybridized carbons (Fsp3) is 0.916. The Labute approximate surface area is 824 Å². The lowest BCUT2D eigenvalue weighted by Gasteiger charge is -2.53. The molecule has 141 heavy (non-hydrogen) atoms. The van der Waals surface area contributed by atoms with E-state index in [4.69, 9.17) is 66.3 Å². The van der Waals surface area contributed by atoms with Crippen LogP contribution in [0.1, 0.15) is 266 Å². The number of aliphatic hydroxyl groups excluding tert-OH is 20. The highest BCUT2D eigenvalue weighted by atomic mass is 16.8. The lowest BCUT2D eigenvalue weighted by Crippen LogP contribution is -2.72. The van der Waals surface area contributed by atoms with Gasteiger partial charge in [-0.2, -0.15) is 0 Å². The first kappa shape index (κ1) is 123. The van der Waals surface area contributed by atoms with Gasteiger partial charge in [-0.05, 0) is 19.3 Å². The van der Waals surface area contributed by atoms with Crippen LogP contribution in [0.2, 0.25) is 0 Å². The highest BCUT2D eigenvalue weighted by Gasteiger charge is 2.64. The molecule has 46 heteroatoms. The van der Waals surface area contributed by atoms with Gasteiger partial charge in [-0.3, -0.25) is 24.0 Å². The number of unbranched alkanes of at least 4 members (excludes halogenated alkanes) is 31. The summed E-state index contributed by atoms with van der Waals surface area (Å²) in [4.78, 5) is 79.9. The van der Waals surface area contributed by atoms with E-state index in [1.807, 2.05) is 0 Å². The van der Waals surface area contributed by atoms with Crippen LogP contribution in [0.4, 0.5) is 0 Å². The topological polar surface area (TPSA) is 717 Å². The van der Waals surface area contributed by atoms with Crippen molar-refractivity contribution in [1.29, 1.82) is 0 Å². The molecule has 38 atom stereocenters. The molecule has 7 fully saturated rings. The zero-order valence-electron chi connectivity index (χ0n) is 82.5. The number of carbonyl (C=O) groups is 6. The SMILES string of the molecule is CCCCCCCCCCCCC/C=C/[C@@H](O)[C@H](CO[C@@H]1OC(CO)[C@@H](O[C@@H]2OC(CO)[C@H](O[C@@H]3OC(CO)[C@H](O)[C@H](O[C@@H]4OC(CO)[C@H](O)[C@H](O[C@@H]5OC(CO)[C@H](O)[C@H](O[C@H]6OC(CO)[C@H](O)[C@H](O)C6NC(C)=O)C5NC(C)=O)C4O)C3NC(C)=O)[C@H](O[C@]3(C(=O)O)CC(O)[C@@H](NC(C)=O)C([C@H](O)[C@H](O)CO)O3)C2O)[C@H](O)C1O)NC(=O)CCCCCCCCCCCCCCCCCCCCCCC. The van der Waals surface area contributed by atoms with Gasteiger partial charge in [0, 0.05) is 40.5 Å². The summed E-state index contributed by atoms with van der Waals surface area (Å²) in [6, 6.07) is -8.72. The number of hydrogen-bond donors (Lipinski definition) is 26. The Morgan fingerprint density at radius 2 is 0.716 bits per heavy atom. The molecule has 7 heterocycles. The number of aliphatic hydroxyl groups is 20. The van der Waals surface area contributed by atoms with E-state index in [0.717, 1.165) is 91.9 Å². The number of carboxylic acid groups (broad SMARTS) is 1. The molecular formula is C95H169N5O41. The fourth-order valence-corrected chi connectivity index (χ4v) is 19.2. The maximum atomic E-state index is 14.1. The van der Waals surface area contributed by atoms with E-state index in [1.54, 1.807) is 6.08 Å². The molecule has 7 aliphatic heterocycles. The van der Waals surface area contributed by atoms with Crippen molar-refractivity contribution in [3.8, 4) is 0 Å². The zero-order valence-corrected chi connectivity index (χ0v) is 82.5. The van der Waals surface area contributed by atoms with Crippen LogP contribution in [0.5, 0.6) is 0 Å². The largest absolute Gasteiger partial charge is 0.477 e. The molecule has 0 aromatic heterocycles. The first-order valence-corrected chi connectivity index (χ1v) is 51.1. The highest BCUT2D eigenvalue weighted by molar-refractivity contribution is 5.77. The monoisotopic (exact) mass is 2040 g/mol. The molecule has 7 saturated heterocycles. The van der Waals surface area contributed by atoms with Gasteiger partial charge in [0.25, 0.3) is 5.79 Å². The highest BCUT2D eigenvalue weighted by Crippen LogP contribution is 2.43. The fourth-order valence-electron chi connectivity index (χ4n) is 19.2. The second kappa shape index (κ2) is 64.6. The maximum Gasteiger partial charge on any atom is 0.364 e. The summed E-state index contributed by atoms with van der Waals surface area (Å²) in [6.07, 6.45) is -28.4. The minimum atomic E-state index is -3.50. The van der Waals surface area contributed by atoms with Gasteiger partial charge in [0.05, 0.1) is 77.1 Å². The molecule has 5 amide bonds. The number of ether oxygens (including phenoxy) is 14. The summed E-state index contributed by atoms with van der Waals surface area (Å²) in [5.74, 6) is -9.83. The molecule has 0 aromatic rings. The van der Waals surface area contributed by atoms with Gasteiger partial charge in [0.1, 0.15) is 165 Å². The van der Waals surface area contributed by atoms with E-state index in [0.29, 0.717) is 12.8 Å². The number of carbonyl (C=O) groups excluding carboxylic acids is 5. The molecule has 820 valence electrons. The molecule has 0 saturated carbocycles. The smallest absolute Gasteiger partial charge is 0.364 e. The van der Waals surface area contributed by atoms with Gasteiger partial charge in [-0.15, -0.1) is 0 Å². The Hall–Kier alpha value is -4.80. The molecule has 0 spiro atoms. The minimum Gasteiger partial charge on any atom is -0.477 e. The number of amides is 5. The van der Waals surface area contributed by atoms with Gasteiger partial charge >= 0.3 is 5.97 Å². The predicted octanol–water partition coefficient (Wildman–Crippen LogP) is -2.77.